The van der Waals surface area contributed by atoms with Crippen molar-refractivity contribution in [3.05, 3.63) is 81.9 Å². The molecule has 0 heterocycles. The van der Waals surface area contributed by atoms with Crippen LogP contribution in [0.5, 0.6) is 11.5 Å². The van der Waals surface area contributed by atoms with Gasteiger partial charge >= 0.3 is 5.97 Å². The molecule has 0 radical (unpaired) electrons. The van der Waals surface area contributed by atoms with Crippen LogP contribution in [0.1, 0.15) is 34.5 Å². The molecule has 9 nitrogen and oxygen atoms in total. The molecule has 3 aromatic rings. The van der Waals surface area contributed by atoms with Crippen LogP contribution in [-0.4, -0.2) is 41.4 Å². The largest absolute Gasteiger partial charge is 0.504 e. The SMILES string of the molecule is O=C(O)COc1c(S(=O)(=O)Nc2ccc(Cl)cc2)cc2c(c1O)C(O)c1ccccc1C2O. The highest BCUT2D eigenvalue weighted by Gasteiger charge is 2.37. The van der Waals surface area contributed by atoms with Crippen LogP contribution in [0.4, 0.5) is 5.69 Å². The van der Waals surface area contributed by atoms with Gasteiger partial charge in [0, 0.05) is 16.3 Å². The lowest BCUT2D eigenvalue weighted by Crippen LogP contribution is -2.22. The van der Waals surface area contributed by atoms with Gasteiger partial charge in [-0.2, -0.15) is 0 Å². The number of phenolic OH excluding ortho intramolecular Hbond substituents is 1. The Hall–Kier alpha value is -3.31. The first-order valence-corrected chi connectivity index (χ1v) is 11.4. The quantitative estimate of drug-likeness (QED) is 0.353. The summed E-state index contributed by atoms with van der Waals surface area (Å²) in [5.41, 5.74) is 0.564. The van der Waals surface area contributed by atoms with Crippen LogP contribution in [-0.2, 0) is 14.8 Å². The van der Waals surface area contributed by atoms with Crippen LogP contribution in [0.2, 0.25) is 5.02 Å². The van der Waals surface area contributed by atoms with Crippen LogP contribution in [0.15, 0.2) is 59.5 Å². The molecule has 172 valence electrons. The standard InChI is InChI=1S/C22H18ClNO8S/c23-11-5-7-12(8-6-11)24-33(30,31)16-9-15-18(21(29)22(16)32-10-17(25)26)20(28)14-4-2-1-3-13(14)19(15)27/h1-9,19-20,24,27-29H,10H2,(H,25,26). The maximum absolute atomic E-state index is 13.2. The Kier molecular flexibility index (Phi) is 5.93. The minimum Gasteiger partial charge on any atom is -0.504 e. The zero-order valence-corrected chi connectivity index (χ0v) is 18.3. The Morgan fingerprint density at radius 3 is 2.21 bits per heavy atom. The summed E-state index contributed by atoms with van der Waals surface area (Å²) in [5.74, 6) is -2.86. The minimum atomic E-state index is -4.44. The molecule has 1 aliphatic rings. The fraction of sp³-hybridized carbons (Fsp3) is 0.136. The summed E-state index contributed by atoms with van der Waals surface area (Å²) in [7, 11) is -4.44. The van der Waals surface area contributed by atoms with E-state index in [2.05, 4.69) is 4.72 Å². The average molecular weight is 492 g/mol. The second kappa shape index (κ2) is 8.56. The molecule has 0 saturated heterocycles. The Balaban J connectivity index is 1.90. The van der Waals surface area contributed by atoms with Crippen molar-refractivity contribution in [2.75, 3.05) is 11.3 Å². The molecule has 0 aliphatic heterocycles. The summed E-state index contributed by atoms with van der Waals surface area (Å²) in [6.45, 7) is -0.953. The number of aliphatic hydroxyl groups is 2. The fourth-order valence-corrected chi connectivity index (χ4v) is 5.07. The first-order valence-electron chi connectivity index (χ1n) is 9.58. The molecule has 0 aromatic heterocycles. The van der Waals surface area contributed by atoms with Gasteiger partial charge in [-0.05, 0) is 47.0 Å². The number of aliphatic carboxylic acids is 1. The number of nitrogens with one attached hydrogen (secondary N) is 1. The lowest BCUT2D eigenvalue weighted by Gasteiger charge is -2.30. The lowest BCUT2D eigenvalue weighted by atomic mass is 9.81. The molecular formula is C22H18ClNO8S. The molecule has 33 heavy (non-hydrogen) atoms. The second-order valence-electron chi connectivity index (χ2n) is 7.28. The molecule has 0 bridgehead atoms. The molecule has 4 rings (SSSR count). The number of aliphatic hydroxyl groups excluding tert-OH is 2. The third-order valence-corrected chi connectivity index (χ3v) is 6.81. The van der Waals surface area contributed by atoms with Crippen LogP contribution in [0.25, 0.3) is 0 Å². The van der Waals surface area contributed by atoms with E-state index in [9.17, 15) is 28.5 Å². The van der Waals surface area contributed by atoms with Gasteiger partial charge in [0.1, 0.15) is 17.1 Å². The normalized spacial score (nSPS) is 17.1. The van der Waals surface area contributed by atoms with E-state index in [0.717, 1.165) is 6.07 Å². The number of benzene rings is 3. The number of ether oxygens (including phenoxy) is 1. The smallest absolute Gasteiger partial charge is 0.341 e. The Morgan fingerprint density at radius 2 is 1.61 bits per heavy atom. The molecule has 0 fully saturated rings. The number of rotatable bonds is 6. The first-order chi connectivity index (χ1) is 15.6. The number of sulfonamides is 1. The number of aromatic hydroxyl groups is 1. The molecule has 0 saturated carbocycles. The van der Waals surface area contributed by atoms with Gasteiger partial charge in [0.2, 0.25) is 0 Å². The van der Waals surface area contributed by atoms with Gasteiger partial charge in [-0.25, -0.2) is 13.2 Å². The van der Waals surface area contributed by atoms with E-state index in [1.807, 2.05) is 0 Å². The van der Waals surface area contributed by atoms with E-state index in [1.165, 1.54) is 24.3 Å². The summed E-state index contributed by atoms with van der Waals surface area (Å²) in [6.07, 6.45) is -2.77. The van der Waals surface area contributed by atoms with Gasteiger partial charge in [-0.1, -0.05) is 35.9 Å². The monoisotopic (exact) mass is 491 g/mol. The molecule has 0 amide bonds. The van der Waals surface area contributed by atoms with Gasteiger partial charge in [-0.15, -0.1) is 0 Å². The van der Waals surface area contributed by atoms with E-state index >= 15 is 0 Å². The topological polar surface area (TPSA) is 153 Å². The molecule has 3 aromatic carbocycles. The zero-order valence-electron chi connectivity index (χ0n) is 16.8. The summed E-state index contributed by atoms with van der Waals surface area (Å²) < 4.78 is 33.8. The van der Waals surface area contributed by atoms with Crippen molar-refractivity contribution in [1.29, 1.82) is 0 Å². The lowest BCUT2D eigenvalue weighted by molar-refractivity contribution is -0.139. The predicted molar refractivity (Wildman–Crippen MR) is 118 cm³/mol. The first kappa shape index (κ1) is 22.9. The van der Waals surface area contributed by atoms with Crippen LogP contribution in [0, 0.1) is 0 Å². The van der Waals surface area contributed by atoms with E-state index in [0.29, 0.717) is 16.1 Å². The van der Waals surface area contributed by atoms with E-state index in [1.54, 1.807) is 24.3 Å². The van der Waals surface area contributed by atoms with Crippen molar-refractivity contribution in [2.24, 2.45) is 0 Å². The fourth-order valence-electron chi connectivity index (χ4n) is 3.71. The molecule has 5 N–H and O–H groups in total. The highest BCUT2D eigenvalue weighted by molar-refractivity contribution is 7.92. The van der Waals surface area contributed by atoms with Crippen molar-refractivity contribution in [2.45, 2.75) is 17.1 Å². The van der Waals surface area contributed by atoms with Crippen molar-refractivity contribution in [1.82, 2.24) is 0 Å². The van der Waals surface area contributed by atoms with E-state index < -0.39 is 51.2 Å². The molecular weight excluding hydrogens is 474 g/mol. The summed E-state index contributed by atoms with van der Waals surface area (Å²) >= 11 is 5.83. The highest BCUT2D eigenvalue weighted by Crippen LogP contribution is 2.50. The van der Waals surface area contributed by atoms with Crippen molar-refractivity contribution in [3.63, 3.8) is 0 Å². The van der Waals surface area contributed by atoms with Gasteiger partial charge in [0.05, 0.1) is 0 Å². The molecule has 2 unspecified atom stereocenters. The number of hydrogen-bond acceptors (Lipinski definition) is 7. The summed E-state index contributed by atoms with van der Waals surface area (Å²) in [5, 5.41) is 42.0. The number of carboxylic acids is 1. The molecule has 2 atom stereocenters. The number of fused-ring (bicyclic) bond motifs is 2. The Bertz CT molecular complexity index is 1340. The van der Waals surface area contributed by atoms with Gasteiger partial charge in [0.25, 0.3) is 10.0 Å². The predicted octanol–water partition coefficient (Wildman–Crippen LogP) is 2.79. The number of hydrogen-bond donors (Lipinski definition) is 5. The van der Waals surface area contributed by atoms with E-state index in [-0.39, 0.29) is 16.8 Å². The number of carboxylic acid groups (broad SMARTS) is 1. The van der Waals surface area contributed by atoms with Gasteiger partial charge < -0.3 is 25.2 Å². The van der Waals surface area contributed by atoms with E-state index in [4.69, 9.17) is 21.4 Å². The number of halogens is 1. The summed E-state index contributed by atoms with van der Waals surface area (Å²) in [6, 6.07) is 13.2. The molecule has 1 aliphatic carbocycles. The summed E-state index contributed by atoms with van der Waals surface area (Å²) in [4.78, 5) is 10.5. The van der Waals surface area contributed by atoms with Crippen LogP contribution >= 0.6 is 11.6 Å². The second-order valence-corrected chi connectivity index (χ2v) is 9.37. The van der Waals surface area contributed by atoms with Crippen LogP contribution in [0.3, 0.4) is 0 Å². The van der Waals surface area contributed by atoms with Gasteiger partial charge in [0.15, 0.2) is 18.1 Å². The third kappa shape index (κ3) is 4.21. The number of phenols is 1. The van der Waals surface area contributed by atoms with Crippen LogP contribution < -0.4 is 9.46 Å². The molecule has 0 spiro atoms. The Labute approximate surface area is 193 Å². The van der Waals surface area contributed by atoms with Crippen molar-refractivity contribution >= 4 is 33.3 Å². The maximum Gasteiger partial charge on any atom is 0.341 e. The van der Waals surface area contributed by atoms with Gasteiger partial charge in [-0.3, -0.25) is 4.72 Å². The number of anilines is 1. The van der Waals surface area contributed by atoms with Crippen molar-refractivity contribution < 1.29 is 38.4 Å². The van der Waals surface area contributed by atoms with Crippen molar-refractivity contribution in [3.8, 4) is 11.5 Å². The minimum absolute atomic E-state index is 0.0575. The Morgan fingerprint density at radius 1 is 1.00 bits per heavy atom. The zero-order chi connectivity index (χ0) is 23.9. The third-order valence-electron chi connectivity index (χ3n) is 5.17. The molecule has 11 heteroatoms. The highest BCUT2D eigenvalue weighted by atomic mass is 35.5. The average Bonchev–Trinajstić information content (AvgIpc) is 2.77. The number of carbonyl (C=O) groups is 1. The maximum atomic E-state index is 13.2.